The Labute approximate surface area is 300 Å². The van der Waals surface area contributed by atoms with Crippen LogP contribution >= 0.6 is 0 Å². The Morgan fingerprint density at radius 2 is 0.959 bits per heavy atom. The number of rotatable bonds is 14. The number of hydrogen-bond acceptors (Lipinski definition) is 4. The summed E-state index contributed by atoms with van der Waals surface area (Å²) in [6.45, 7) is 15.1. The van der Waals surface area contributed by atoms with Crippen molar-refractivity contribution in [3.05, 3.63) is 108 Å². The zero-order valence-corrected chi connectivity index (χ0v) is 28.7. The van der Waals surface area contributed by atoms with Crippen molar-refractivity contribution < 1.29 is 14.7 Å². The predicted molar refractivity (Wildman–Crippen MR) is 213 cm³/mol. The molecule has 0 aromatic heterocycles. The van der Waals surface area contributed by atoms with Crippen molar-refractivity contribution in [2.24, 2.45) is 0 Å². The molecule has 0 radical (unpaired) electrons. The van der Waals surface area contributed by atoms with Gasteiger partial charge in [-0.2, -0.15) is 0 Å². The highest BCUT2D eigenvalue weighted by Gasteiger charge is 2.42. The molecule has 0 bridgehead atoms. The van der Waals surface area contributed by atoms with Crippen LogP contribution in [0, 0.1) is 0 Å². The smallest absolute Gasteiger partial charge is 0.283 e. The van der Waals surface area contributed by atoms with Crippen LogP contribution in [0.1, 0.15) is 114 Å². The number of anilines is 2. The molecule has 1 heterocycles. The van der Waals surface area contributed by atoms with Gasteiger partial charge in [-0.1, -0.05) is 162 Å². The van der Waals surface area contributed by atoms with E-state index >= 15 is 0 Å². The fourth-order valence-electron chi connectivity index (χ4n) is 4.56. The van der Waals surface area contributed by atoms with E-state index in [4.69, 9.17) is 0 Å². The number of allylic oxidation sites excluding steroid dienone is 2. The second kappa shape index (κ2) is 27.8. The van der Waals surface area contributed by atoms with E-state index in [9.17, 15) is 14.7 Å². The fraction of sp³-hybridized carbons (Fsp3) is 0.442. The molecule has 272 valence electrons. The standard InChI is InChI=1S/C24H18N2O3.C12H27N.C4H10.3CH4/c27-21-16-14-18(15-17-21)8-7-13-22-23(28)25(19-9-3-1-4-10-19)26(24(22)29)20-11-5-2-6-12-20;1-4-7-10-13(11-8-5-2)12-9-6-3;1-3-4-2;;;/h1-17,27H;4-12H2,1-3H3;3-4H2,1-2H3;3*1H4/p-1. The normalized spacial score (nSPS) is 11.9. The van der Waals surface area contributed by atoms with Gasteiger partial charge in [0.05, 0.1) is 11.4 Å². The van der Waals surface area contributed by atoms with Crippen LogP contribution in [0.4, 0.5) is 11.4 Å². The van der Waals surface area contributed by atoms with E-state index in [2.05, 4.69) is 39.5 Å². The molecule has 0 spiro atoms. The SMILES string of the molecule is C.C.C.CCCC.CCCCN(CCCC)CCCC.O=C1C(=CC=Cc2ccc([O-])cc2)C(=O)N(c2ccccc2)N1c1ccccc1. The highest BCUT2D eigenvalue weighted by molar-refractivity contribution is 6.36. The maximum absolute atomic E-state index is 13.1. The molecule has 1 aliphatic rings. The van der Waals surface area contributed by atoms with Gasteiger partial charge in [0.2, 0.25) is 0 Å². The Kier molecular flexibility index (Phi) is 26.6. The molecule has 0 N–H and O–H groups in total. The van der Waals surface area contributed by atoms with Crippen LogP contribution in [0.3, 0.4) is 0 Å². The van der Waals surface area contributed by atoms with Crippen molar-refractivity contribution in [2.45, 2.75) is 108 Å². The third-order valence-corrected chi connectivity index (χ3v) is 7.46. The Morgan fingerprint density at radius 3 is 1.31 bits per heavy atom. The number of hydrogen-bond donors (Lipinski definition) is 0. The lowest BCUT2D eigenvalue weighted by Crippen LogP contribution is -2.41. The number of nitrogens with zero attached hydrogens (tertiary/aromatic N) is 3. The molecule has 2 amide bonds. The summed E-state index contributed by atoms with van der Waals surface area (Å²) in [4.78, 5) is 28.8. The Bertz CT molecular complexity index is 1240. The summed E-state index contributed by atoms with van der Waals surface area (Å²) >= 11 is 0. The van der Waals surface area contributed by atoms with Gasteiger partial charge in [-0.05, 0) is 74.8 Å². The van der Waals surface area contributed by atoms with Crippen LogP contribution in [0.2, 0.25) is 0 Å². The molecule has 6 heteroatoms. The lowest BCUT2D eigenvalue weighted by atomic mass is 10.1. The van der Waals surface area contributed by atoms with Crippen LogP contribution < -0.4 is 15.1 Å². The number of amides is 2. The molecular formula is C43H66N3O3-. The first-order chi connectivity index (χ1) is 22.4. The lowest BCUT2D eigenvalue weighted by molar-refractivity contribution is -0.268. The minimum absolute atomic E-state index is 0. The summed E-state index contributed by atoms with van der Waals surface area (Å²) in [5, 5.41) is 14.0. The van der Waals surface area contributed by atoms with E-state index in [-0.39, 0.29) is 33.6 Å². The van der Waals surface area contributed by atoms with Gasteiger partial charge in [0.1, 0.15) is 5.57 Å². The molecule has 3 aromatic carbocycles. The first kappa shape index (κ1) is 47.0. The average Bonchev–Trinajstić information content (AvgIpc) is 3.35. The zero-order valence-electron chi connectivity index (χ0n) is 28.7. The number of unbranched alkanes of at least 4 members (excludes halogenated alkanes) is 4. The molecule has 1 aliphatic heterocycles. The lowest BCUT2D eigenvalue weighted by Gasteiger charge is -2.27. The van der Waals surface area contributed by atoms with E-state index in [1.54, 1.807) is 48.6 Å². The van der Waals surface area contributed by atoms with Gasteiger partial charge < -0.3 is 10.0 Å². The third kappa shape index (κ3) is 16.2. The van der Waals surface area contributed by atoms with Crippen LogP contribution in [0.25, 0.3) is 6.08 Å². The third-order valence-electron chi connectivity index (χ3n) is 7.46. The van der Waals surface area contributed by atoms with Crippen LogP contribution in [0.15, 0.2) is 103 Å². The van der Waals surface area contributed by atoms with Gasteiger partial charge >= 0.3 is 0 Å². The van der Waals surface area contributed by atoms with E-state index in [0.717, 1.165) is 5.56 Å². The average molecular weight is 673 g/mol. The van der Waals surface area contributed by atoms with Crippen LogP contribution in [-0.4, -0.2) is 36.3 Å². The molecule has 0 unspecified atom stereocenters. The quantitative estimate of drug-likeness (QED) is 0.126. The Hall–Kier alpha value is -4.16. The molecule has 6 nitrogen and oxygen atoms in total. The number of para-hydroxylation sites is 2. The van der Waals surface area contributed by atoms with Gasteiger partial charge in [0.25, 0.3) is 11.8 Å². The first-order valence-electron chi connectivity index (χ1n) is 17.1. The number of carbonyl (C=O) groups excluding carboxylic acids is 2. The summed E-state index contributed by atoms with van der Waals surface area (Å²) in [5.74, 6) is -0.868. The molecule has 0 saturated carbocycles. The highest BCUT2D eigenvalue weighted by atomic mass is 16.3. The Morgan fingerprint density at radius 1 is 0.571 bits per heavy atom. The monoisotopic (exact) mass is 673 g/mol. The van der Waals surface area contributed by atoms with Crippen molar-refractivity contribution in [3.63, 3.8) is 0 Å². The van der Waals surface area contributed by atoms with Crippen molar-refractivity contribution in [2.75, 3.05) is 29.7 Å². The topological polar surface area (TPSA) is 66.9 Å². The number of benzene rings is 3. The van der Waals surface area contributed by atoms with Crippen molar-refractivity contribution in [3.8, 4) is 5.75 Å². The second-order valence-corrected chi connectivity index (χ2v) is 11.3. The number of hydrazine groups is 1. The van der Waals surface area contributed by atoms with Gasteiger partial charge in [0.15, 0.2) is 0 Å². The summed E-state index contributed by atoms with van der Waals surface area (Å²) in [6, 6.07) is 24.4. The zero-order chi connectivity index (χ0) is 33.6. The van der Waals surface area contributed by atoms with Crippen LogP contribution in [-0.2, 0) is 9.59 Å². The minimum Gasteiger partial charge on any atom is -0.872 e. The summed E-state index contributed by atoms with van der Waals surface area (Å²) in [5.41, 5.74) is 2.08. The minimum atomic E-state index is -0.399. The van der Waals surface area contributed by atoms with E-state index in [1.807, 2.05) is 36.4 Å². The predicted octanol–water partition coefficient (Wildman–Crippen LogP) is 11.1. The molecule has 49 heavy (non-hydrogen) atoms. The van der Waals surface area contributed by atoms with Gasteiger partial charge in [-0.15, -0.1) is 5.75 Å². The van der Waals surface area contributed by atoms with Crippen molar-refractivity contribution in [1.29, 1.82) is 0 Å². The molecule has 3 aromatic rings. The molecule has 1 saturated heterocycles. The van der Waals surface area contributed by atoms with Crippen LogP contribution in [0.5, 0.6) is 5.75 Å². The van der Waals surface area contributed by atoms with Crippen molar-refractivity contribution in [1.82, 2.24) is 4.90 Å². The summed E-state index contributed by atoms with van der Waals surface area (Å²) in [7, 11) is 0. The maximum Gasteiger partial charge on any atom is 0.283 e. The van der Waals surface area contributed by atoms with Crippen molar-refractivity contribution >= 4 is 29.3 Å². The van der Waals surface area contributed by atoms with Gasteiger partial charge in [0, 0.05) is 0 Å². The molecule has 0 aliphatic carbocycles. The molecule has 0 atom stereocenters. The first-order valence-corrected chi connectivity index (χ1v) is 17.1. The fourth-order valence-corrected chi connectivity index (χ4v) is 4.56. The number of carbonyl (C=O) groups is 2. The van der Waals surface area contributed by atoms with E-state index in [1.165, 1.54) is 99.2 Å². The van der Waals surface area contributed by atoms with Gasteiger partial charge in [-0.3, -0.25) is 9.59 Å². The molecular weight excluding hydrogens is 606 g/mol. The van der Waals surface area contributed by atoms with E-state index < -0.39 is 11.8 Å². The molecule has 1 fully saturated rings. The van der Waals surface area contributed by atoms with E-state index in [0.29, 0.717) is 11.4 Å². The molecule has 4 rings (SSSR count). The van der Waals surface area contributed by atoms with Gasteiger partial charge in [-0.25, -0.2) is 10.0 Å². The highest BCUT2D eigenvalue weighted by Crippen LogP contribution is 2.31. The summed E-state index contributed by atoms with van der Waals surface area (Å²) in [6.07, 6.45) is 15.6. The maximum atomic E-state index is 13.1. The summed E-state index contributed by atoms with van der Waals surface area (Å²) < 4.78 is 0. The second-order valence-electron chi connectivity index (χ2n) is 11.3. The largest absolute Gasteiger partial charge is 0.872 e. The Balaban J connectivity index is 0.